The van der Waals surface area contributed by atoms with E-state index in [0.717, 1.165) is 25.3 Å². The molecule has 2 fully saturated rings. The summed E-state index contributed by atoms with van der Waals surface area (Å²) in [7, 11) is 0. The van der Waals surface area contributed by atoms with Crippen molar-refractivity contribution in [1.82, 2.24) is 10.6 Å². The molecule has 2 atom stereocenters. The van der Waals surface area contributed by atoms with Crippen molar-refractivity contribution in [2.75, 3.05) is 18.1 Å². The molecule has 1 aliphatic heterocycles. The average Bonchev–Trinajstić information content (AvgIpc) is 2.90. The number of carbonyl (C=O) groups is 1. The van der Waals surface area contributed by atoms with E-state index in [1.165, 1.54) is 37.2 Å². The standard InChI is InChI=1S/C14H26N2OS/c1-11(15-9-12-7-8-18-10-12)14(17)16-13-5-3-2-4-6-13/h11-13,15H,2-10H2,1H3,(H,16,17). The van der Waals surface area contributed by atoms with Crippen molar-refractivity contribution in [2.24, 2.45) is 5.92 Å². The molecule has 0 aromatic rings. The molecule has 104 valence electrons. The van der Waals surface area contributed by atoms with E-state index in [-0.39, 0.29) is 11.9 Å². The maximum absolute atomic E-state index is 12.0. The van der Waals surface area contributed by atoms with Crippen LogP contribution in [0.2, 0.25) is 0 Å². The van der Waals surface area contributed by atoms with Crippen LogP contribution in [0.5, 0.6) is 0 Å². The molecule has 0 spiro atoms. The van der Waals surface area contributed by atoms with Crippen molar-refractivity contribution in [3.8, 4) is 0 Å². The molecule has 1 aliphatic carbocycles. The van der Waals surface area contributed by atoms with Crippen molar-refractivity contribution in [1.29, 1.82) is 0 Å². The van der Waals surface area contributed by atoms with E-state index in [9.17, 15) is 4.79 Å². The highest BCUT2D eigenvalue weighted by molar-refractivity contribution is 7.99. The van der Waals surface area contributed by atoms with Gasteiger partial charge < -0.3 is 10.6 Å². The number of carbonyl (C=O) groups excluding carboxylic acids is 1. The number of nitrogens with one attached hydrogen (secondary N) is 2. The van der Waals surface area contributed by atoms with Crippen molar-refractivity contribution in [3.63, 3.8) is 0 Å². The summed E-state index contributed by atoms with van der Waals surface area (Å²) >= 11 is 2.03. The van der Waals surface area contributed by atoms with E-state index in [4.69, 9.17) is 0 Å². The third-order valence-electron chi connectivity index (χ3n) is 4.08. The lowest BCUT2D eigenvalue weighted by Gasteiger charge is -2.25. The minimum atomic E-state index is -0.0440. The summed E-state index contributed by atoms with van der Waals surface area (Å²) in [6.07, 6.45) is 7.50. The predicted molar refractivity (Wildman–Crippen MR) is 77.9 cm³/mol. The maximum atomic E-state index is 12.0. The molecule has 2 rings (SSSR count). The Morgan fingerprint density at radius 3 is 2.72 bits per heavy atom. The Morgan fingerprint density at radius 2 is 2.06 bits per heavy atom. The lowest BCUT2D eigenvalue weighted by Crippen LogP contribution is -2.47. The first-order valence-corrected chi connectivity index (χ1v) is 8.52. The summed E-state index contributed by atoms with van der Waals surface area (Å²) in [5.74, 6) is 3.49. The van der Waals surface area contributed by atoms with Gasteiger partial charge in [-0.15, -0.1) is 0 Å². The number of rotatable bonds is 5. The van der Waals surface area contributed by atoms with Gasteiger partial charge in [0, 0.05) is 6.04 Å². The second-order valence-electron chi connectivity index (χ2n) is 5.70. The van der Waals surface area contributed by atoms with Gasteiger partial charge in [0.25, 0.3) is 0 Å². The van der Waals surface area contributed by atoms with E-state index >= 15 is 0 Å². The van der Waals surface area contributed by atoms with E-state index in [1.54, 1.807) is 0 Å². The van der Waals surface area contributed by atoms with Crippen LogP contribution < -0.4 is 10.6 Å². The molecular formula is C14H26N2OS. The largest absolute Gasteiger partial charge is 0.352 e. The van der Waals surface area contributed by atoms with Gasteiger partial charge in [0.05, 0.1) is 6.04 Å². The topological polar surface area (TPSA) is 41.1 Å². The smallest absolute Gasteiger partial charge is 0.237 e. The Hall–Kier alpha value is -0.220. The molecule has 18 heavy (non-hydrogen) atoms. The quantitative estimate of drug-likeness (QED) is 0.804. The minimum Gasteiger partial charge on any atom is -0.352 e. The van der Waals surface area contributed by atoms with Gasteiger partial charge in [-0.05, 0) is 50.2 Å². The molecule has 0 aromatic heterocycles. The van der Waals surface area contributed by atoms with Crippen LogP contribution in [-0.2, 0) is 4.79 Å². The zero-order chi connectivity index (χ0) is 12.8. The molecule has 3 nitrogen and oxygen atoms in total. The van der Waals surface area contributed by atoms with Gasteiger partial charge in [0.15, 0.2) is 0 Å². The highest BCUT2D eigenvalue weighted by atomic mass is 32.2. The SMILES string of the molecule is CC(NCC1CCSC1)C(=O)NC1CCCCC1. The van der Waals surface area contributed by atoms with E-state index in [2.05, 4.69) is 10.6 Å². The van der Waals surface area contributed by atoms with E-state index in [1.807, 2.05) is 18.7 Å². The number of hydrogen-bond acceptors (Lipinski definition) is 3. The van der Waals surface area contributed by atoms with Gasteiger partial charge in [-0.1, -0.05) is 19.3 Å². The predicted octanol–water partition coefficient (Wildman–Crippen LogP) is 2.17. The second kappa shape index (κ2) is 7.39. The molecule has 0 radical (unpaired) electrons. The minimum absolute atomic E-state index is 0.0440. The van der Waals surface area contributed by atoms with Gasteiger partial charge in [-0.2, -0.15) is 11.8 Å². The van der Waals surface area contributed by atoms with Crippen molar-refractivity contribution >= 4 is 17.7 Å². The van der Waals surface area contributed by atoms with Crippen LogP contribution >= 0.6 is 11.8 Å². The van der Waals surface area contributed by atoms with Crippen LogP contribution in [0.15, 0.2) is 0 Å². The fourth-order valence-corrected chi connectivity index (χ4v) is 4.04. The van der Waals surface area contributed by atoms with Gasteiger partial charge >= 0.3 is 0 Å². The van der Waals surface area contributed by atoms with Crippen LogP contribution in [-0.4, -0.2) is 36.0 Å². The average molecular weight is 270 g/mol. The first kappa shape index (κ1) is 14.2. The van der Waals surface area contributed by atoms with E-state index in [0.29, 0.717) is 6.04 Å². The number of hydrogen-bond donors (Lipinski definition) is 2. The molecular weight excluding hydrogens is 244 g/mol. The Morgan fingerprint density at radius 1 is 1.28 bits per heavy atom. The summed E-state index contributed by atoms with van der Waals surface area (Å²) < 4.78 is 0. The second-order valence-corrected chi connectivity index (χ2v) is 6.85. The van der Waals surface area contributed by atoms with Crippen LogP contribution in [0, 0.1) is 5.92 Å². The lowest BCUT2D eigenvalue weighted by molar-refractivity contribution is -0.123. The number of thioether (sulfide) groups is 1. The third-order valence-corrected chi connectivity index (χ3v) is 5.31. The first-order valence-electron chi connectivity index (χ1n) is 7.37. The fraction of sp³-hybridized carbons (Fsp3) is 0.929. The van der Waals surface area contributed by atoms with E-state index < -0.39 is 0 Å². The van der Waals surface area contributed by atoms with Crippen LogP contribution in [0.3, 0.4) is 0 Å². The molecule has 2 N–H and O–H groups in total. The highest BCUT2D eigenvalue weighted by Crippen LogP contribution is 2.22. The summed E-state index contributed by atoms with van der Waals surface area (Å²) in [5, 5.41) is 6.58. The Labute approximate surface area is 115 Å². The third kappa shape index (κ3) is 4.47. The van der Waals surface area contributed by atoms with Gasteiger partial charge in [0.2, 0.25) is 5.91 Å². The molecule has 4 heteroatoms. The first-order chi connectivity index (χ1) is 8.75. The Kier molecular flexibility index (Phi) is 5.83. The van der Waals surface area contributed by atoms with Crippen molar-refractivity contribution in [2.45, 2.75) is 57.5 Å². The summed E-state index contributed by atoms with van der Waals surface area (Å²) in [5.41, 5.74) is 0. The molecule has 1 heterocycles. The summed E-state index contributed by atoms with van der Waals surface area (Å²) in [4.78, 5) is 12.0. The number of amides is 1. The Bertz CT molecular complexity index is 261. The molecule has 0 bridgehead atoms. The van der Waals surface area contributed by atoms with Crippen LogP contribution in [0.4, 0.5) is 0 Å². The highest BCUT2D eigenvalue weighted by Gasteiger charge is 2.21. The molecule has 1 amide bonds. The molecule has 2 aliphatic rings. The van der Waals surface area contributed by atoms with Crippen LogP contribution in [0.1, 0.15) is 45.4 Å². The van der Waals surface area contributed by atoms with Gasteiger partial charge in [0.1, 0.15) is 0 Å². The van der Waals surface area contributed by atoms with Crippen molar-refractivity contribution in [3.05, 3.63) is 0 Å². The van der Waals surface area contributed by atoms with Crippen molar-refractivity contribution < 1.29 is 4.79 Å². The molecule has 0 aromatic carbocycles. The monoisotopic (exact) mass is 270 g/mol. The molecule has 1 saturated heterocycles. The fourth-order valence-electron chi connectivity index (χ4n) is 2.75. The van der Waals surface area contributed by atoms with Gasteiger partial charge in [-0.3, -0.25) is 4.79 Å². The van der Waals surface area contributed by atoms with Crippen LogP contribution in [0.25, 0.3) is 0 Å². The zero-order valence-corrected chi connectivity index (χ0v) is 12.2. The summed E-state index contributed by atoms with van der Waals surface area (Å²) in [6.45, 7) is 2.98. The molecule has 1 saturated carbocycles. The maximum Gasteiger partial charge on any atom is 0.237 e. The molecule has 2 unspecified atom stereocenters. The summed E-state index contributed by atoms with van der Waals surface area (Å²) in [6, 6.07) is 0.384. The van der Waals surface area contributed by atoms with Gasteiger partial charge in [-0.25, -0.2) is 0 Å². The Balaban J connectivity index is 1.63. The zero-order valence-electron chi connectivity index (χ0n) is 11.4. The lowest BCUT2D eigenvalue weighted by atomic mass is 9.95. The normalized spacial score (nSPS) is 27.1.